The van der Waals surface area contributed by atoms with E-state index in [0.717, 1.165) is 25.9 Å². The van der Waals surface area contributed by atoms with E-state index >= 15 is 0 Å². The largest absolute Gasteiger partial charge is 0.478 e. The van der Waals surface area contributed by atoms with Crippen molar-refractivity contribution in [3.63, 3.8) is 0 Å². The number of amides is 1. The van der Waals surface area contributed by atoms with Gasteiger partial charge >= 0.3 is 5.97 Å². The van der Waals surface area contributed by atoms with Gasteiger partial charge in [0.2, 0.25) is 5.91 Å². The SMILES string of the molecule is CC1(C(=O)Nc2cc(C(=O)O)ccc2Br)CCNCC1. The molecule has 0 unspecified atom stereocenters. The molecule has 0 atom stereocenters. The van der Waals surface area contributed by atoms with Crippen LogP contribution in [-0.2, 0) is 4.79 Å². The Hall–Kier alpha value is -1.40. The number of carbonyl (C=O) groups excluding carboxylic acids is 1. The average molecular weight is 341 g/mol. The van der Waals surface area contributed by atoms with Gasteiger partial charge in [-0.3, -0.25) is 4.79 Å². The molecule has 0 spiro atoms. The van der Waals surface area contributed by atoms with Crippen molar-refractivity contribution in [2.75, 3.05) is 18.4 Å². The summed E-state index contributed by atoms with van der Waals surface area (Å²) in [7, 11) is 0. The number of anilines is 1. The summed E-state index contributed by atoms with van der Waals surface area (Å²) in [6, 6.07) is 4.59. The molecule has 3 N–H and O–H groups in total. The first-order valence-electron chi connectivity index (χ1n) is 6.47. The first-order valence-corrected chi connectivity index (χ1v) is 7.27. The van der Waals surface area contributed by atoms with Crippen molar-refractivity contribution in [3.8, 4) is 0 Å². The van der Waals surface area contributed by atoms with Crippen LogP contribution in [-0.4, -0.2) is 30.1 Å². The van der Waals surface area contributed by atoms with Crippen molar-refractivity contribution >= 4 is 33.5 Å². The Balaban J connectivity index is 2.18. The fraction of sp³-hybridized carbons (Fsp3) is 0.429. The summed E-state index contributed by atoms with van der Waals surface area (Å²) in [6.07, 6.45) is 1.55. The van der Waals surface area contributed by atoms with Crippen molar-refractivity contribution in [3.05, 3.63) is 28.2 Å². The van der Waals surface area contributed by atoms with Crippen LogP contribution in [0.1, 0.15) is 30.1 Å². The molecular formula is C14H17BrN2O3. The highest BCUT2D eigenvalue weighted by atomic mass is 79.9. The molecule has 2 rings (SSSR count). The minimum absolute atomic E-state index is 0.0674. The summed E-state index contributed by atoms with van der Waals surface area (Å²) in [5.74, 6) is -1.08. The summed E-state index contributed by atoms with van der Waals surface area (Å²) < 4.78 is 0.674. The van der Waals surface area contributed by atoms with Crippen molar-refractivity contribution in [1.29, 1.82) is 0 Å². The number of aromatic carboxylic acids is 1. The topological polar surface area (TPSA) is 78.4 Å². The summed E-state index contributed by atoms with van der Waals surface area (Å²) in [5.41, 5.74) is 0.234. The zero-order valence-corrected chi connectivity index (χ0v) is 12.8. The summed E-state index contributed by atoms with van der Waals surface area (Å²) >= 11 is 3.33. The van der Waals surface area contributed by atoms with Crippen LogP contribution >= 0.6 is 15.9 Å². The zero-order valence-electron chi connectivity index (χ0n) is 11.2. The van der Waals surface area contributed by atoms with Gasteiger partial charge in [-0.15, -0.1) is 0 Å². The molecule has 0 aliphatic carbocycles. The molecule has 1 aliphatic rings. The predicted octanol–water partition coefficient (Wildman–Crippen LogP) is 2.48. The standard InChI is InChI=1S/C14H17BrN2O3/c1-14(4-6-16-7-5-14)13(20)17-11-8-9(12(18)19)2-3-10(11)15/h2-3,8,16H,4-7H2,1H3,(H,17,20)(H,18,19). The molecule has 20 heavy (non-hydrogen) atoms. The van der Waals surface area contributed by atoms with Crippen molar-refractivity contribution in [2.24, 2.45) is 5.41 Å². The maximum atomic E-state index is 12.4. The van der Waals surface area contributed by atoms with Gasteiger partial charge in [-0.25, -0.2) is 4.79 Å². The Bertz CT molecular complexity index is 539. The van der Waals surface area contributed by atoms with E-state index in [4.69, 9.17) is 5.11 Å². The van der Waals surface area contributed by atoms with E-state index < -0.39 is 11.4 Å². The highest BCUT2D eigenvalue weighted by Crippen LogP contribution is 2.31. The fourth-order valence-electron chi connectivity index (χ4n) is 2.23. The number of piperidine rings is 1. The molecule has 6 heteroatoms. The van der Waals surface area contributed by atoms with Gasteiger partial charge in [-0.1, -0.05) is 6.92 Å². The van der Waals surface area contributed by atoms with Gasteiger partial charge in [-0.05, 0) is 60.1 Å². The smallest absolute Gasteiger partial charge is 0.335 e. The Morgan fingerprint density at radius 2 is 2.00 bits per heavy atom. The molecule has 5 nitrogen and oxygen atoms in total. The van der Waals surface area contributed by atoms with E-state index in [1.807, 2.05) is 6.92 Å². The minimum atomic E-state index is -1.01. The molecule has 108 valence electrons. The Morgan fingerprint density at radius 1 is 1.35 bits per heavy atom. The molecule has 0 radical (unpaired) electrons. The lowest BCUT2D eigenvalue weighted by Gasteiger charge is -2.32. The molecule has 1 aliphatic heterocycles. The van der Waals surface area contributed by atoms with Crippen molar-refractivity contribution in [1.82, 2.24) is 5.32 Å². The van der Waals surface area contributed by atoms with Gasteiger partial charge < -0.3 is 15.7 Å². The van der Waals surface area contributed by atoms with E-state index in [-0.39, 0.29) is 11.5 Å². The second-order valence-corrected chi connectivity index (χ2v) is 6.12. The number of hydrogen-bond donors (Lipinski definition) is 3. The van der Waals surface area contributed by atoms with E-state index in [9.17, 15) is 9.59 Å². The number of hydrogen-bond acceptors (Lipinski definition) is 3. The zero-order chi connectivity index (χ0) is 14.8. The maximum absolute atomic E-state index is 12.4. The molecule has 1 saturated heterocycles. The summed E-state index contributed by atoms with van der Waals surface area (Å²) in [5, 5.41) is 15.1. The average Bonchev–Trinajstić information content (AvgIpc) is 2.41. The normalized spacial score (nSPS) is 17.5. The van der Waals surface area contributed by atoms with Crippen LogP contribution in [0, 0.1) is 5.41 Å². The van der Waals surface area contributed by atoms with Gasteiger partial charge in [0.15, 0.2) is 0 Å². The molecule has 1 amide bonds. The van der Waals surface area contributed by atoms with E-state index in [0.29, 0.717) is 10.2 Å². The van der Waals surface area contributed by atoms with E-state index in [1.165, 1.54) is 12.1 Å². The van der Waals surface area contributed by atoms with Gasteiger partial charge in [0, 0.05) is 9.89 Å². The van der Waals surface area contributed by atoms with Crippen LogP contribution in [0.15, 0.2) is 22.7 Å². The lowest BCUT2D eigenvalue weighted by molar-refractivity contribution is -0.126. The third-order valence-corrected chi connectivity index (χ3v) is 4.41. The van der Waals surface area contributed by atoms with Crippen LogP contribution < -0.4 is 10.6 Å². The number of carbonyl (C=O) groups is 2. The fourth-order valence-corrected chi connectivity index (χ4v) is 2.58. The number of benzene rings is 1. The number of carboxylic acid groups (broad SMARTS) is 1. The van der Waals surface area contributed by atoms with Crippen LogP contribution in [0.4, 0.5) is 5.69 Å². The van der Waals surface area contributed by atoms with Crippen molar-refractivity contribution in [2.45, 2.75) is 19.8 Å². The third-order valence-electron chi connectivity index (χ3n) is 3.72. The molecule has 0 aromatic heterocycles. The van der Waals surface area contributed by atoms with Crippen LogP contribution in [0.3, 0.4) is 0 Å². The Kier molecular flexibility index (Phi) is 4.45. The number of rotatable bonds is 3. The van der Waals surface area contributed by atoms with Gasteiger partial charge in [0.25, 0.3) is 0 Å². The van der Waals surface area contributed by atoms with Crippen LogP contribution in [0.5, 0.6) is 0 Å². The van der Waals surface area contributed by atoms with E-state index in [1.54, 1.807) is 6.07 Å². The van der Waals surface area contributed by atoms with Gasteiger partial charge in [0.05, 0.1) is 11.3 Å². The quantitative estimate of drug-likeness (QED) is 0.789. The third kappa shape index (κ3) is 3.19. The monoisotopic (exact) mass is 340 g/mol. The number of halogens is 1. The molecule has 1 heterocycles. The second-order valence-electron chi connectivity index (χ2n) is 5.26. The van der Waals surface area contributed by atoms with Gasteiger partial charge in [-0.2, -0.15) is 0 Å². The van der Waals surface area contributed by atoms with Crippen molar-refractivity contribution < 1.29 is 14.7 Å². The first-order chi connectivity index (χ1) is 9.42. The lowest BCUT2D eigenvalue weighted by atomic mass is 9.80. The van der Waals surface area contributed by atoms with Crippen LogP contribution in [0.25, 0.3) is 0 Å². The highest BCUT2D eigenvalue weighted by molar-refractivity contribution is 9.10. The molecule has 1 aromatic carbocycles. The minimum Gasteiger partial charge on any atom is -0.478 e. The van der Waals surface area contributed by atoms with Crippen LogP contribution in [0.2, 0.25) is 0 Å². The highest BCUT2D eigenvalue weighted by Gasteiger charge is 2.34. The molecule has 0 bridgehead atoms. The molecule has 1 fully saturated rings. The molecule has 1 aromatic rings. The maximum Gasteiger partial charge on any atom is 0.335 e. The molecule has 0 saturated carbocycles. The summed E-state index contributed by atoms with van der Waals surface area (Å²) in [6.45, 7) is 3.58. The Morgan fingerprint density at radius 3 is 2.60 bits per heavy atom. The first kappa shape index (κ1) is 15.0. The Labute approximate surface area is 125 Å². The number of carboxylic acids is 1. The predicted molar refractivity (Wildman–Crippen MR) is 79.9 cm³/mol. The molecular weight excluding hydrogens is 324 g/mol. The second kappa shape index (κ2) is 5.93. The summed E-state index contributed by atoms with van der Waals surface area (Å²) in [4.78, 5) is 23.4. The van der Waals surface area contributed by atoms with Gasteiger partial charge in [0.1, 0.15) is 0 Å². The van der Waals surface area contributed by atoms with E-state index in [2.05, 4.69) is 26.6 Å². The lowest BCUT2D eigenvalue weighted by Crippen LogP contribution is -2.42. The number of nitrogens with one attached hydrogen (secondary N) is 2.